The Morgan fingerprint density at radius 2 is 2.11 bits per heavy atom. The standard InChI is InChI=1S/C23H22N4O7S/c1-32-8-7-22-25-17(13-35-22)14-3-6-20-19(9-14)26(23(29)12-34-20)11-21(28)24-16-5-4-15(33-2)10-18(16)27(30)31/h3-6,9-10,13H,7-8,11-12H2,1-2H3,(H,24,28). The highest BCUT2D eigenvalue weighted by Crippen LogP contribution is 2.36. The molecular weight excluding hydrogens is 476 g/mol. The van der Waals surface area contributed by atoms with Crippen LogP contribution >= 0.6 is 11.3 Å². The number of nitro benzene ring substituents is 1. The number of benzene rings is 2. The van der Waals surface area contributed by atoms with Gasteiger partial charge in [0.2, 0.25) is 5.91 Å². The van der Waals surface area contributed by atoms with Gasteiger partial charge in [-0.25, -0.2) is 4.98 Å². The first-order valence-electron chi connectivity index (χ1n) is 10.5. The summed E-state index contributed by atoms with van der Waals surface area (Å²) in [6.45, 7) is -0.00705. The Balaban J connectivity index is 1.56. The predicted octanol–water partition coefficient (Wildman–Crippen LogP) is 3.28. The monoisotopic (exact) mass is 498 g/mol. The highest BCUT2D eigenvalue weighted by molar-refractivity contribution is 7.09. The van der Waals surface area contributed by atoms with Gasteiger partial charge in [0.05, 0.1) is 41.1 Å². The third kappa shape index (κ3) is 5.39. The Kier molecular flexibility index (Phi) is 7.22. The largest absolute Gasteiger partial charge is 0.496 e. The smallest absolute Gasteiger partial charge is 0.296 e. The molecule has 12 heteroatoms. The number of rotatable bonds is 9. The molecule has 0 unspecified atom stereocenters. The molecule has 1 aromatic heterocycles. The van der Waals surface area contributed by atoms with E-state index in [2.05, 4.69) is 10.3 Å². The number of methoxy groups -OCH3 is 2. The second kappa shape index (κ2) is 10.5. The number of fused-ring (bicyclic) bond motifs is 1. The normalized spacial score (nSPS) is 12.6. The molecule has 11 nitrogen and oxygen atoms in total. The highest BCUT2D eigenvalue weighted by Gasteiger charge is 2.29. The third-order valence-corrected chi connectivity index (χ3v) is 6.16. The predicted molar refractivity (Wildman–Crippen MR) is 129 cm³/mol. The summed E-state index contributed by atoms with van der Waals surface area (Å²) in [5, 5.41) is 16.8. The number of aromatic nitrogens is 1. The molecular formula is C23H22N4O7S. The lowest BCUT2D eigenvalue weighted by Gasteiger charge is -2.29. The van der Waals surface area contributed by atoms with E-state index in [1.54, 1.807) is 19.2 Å². The van der Waals surface area contributed by atoms with Gasteiger partial charge in [-0.15, -0.1) is 11.3 Å². The number of nitro groups is 1. The zero-order chi connectivity index (χ0) is 24.9. The summed E-state index contributed by atoms with van der Waals surface area (Å²) in [6, 6.07) is 9.40. The second-order valence-corrected chi connectivity index (χ2v) is 8.45. The summed E-state index contributed by atoms with van der Waals surface area (Å²) in [6.07, 6.45) is 0.692. The minimum absolute atomic E-state index is 0.00143. The van der Waals surface area contributed by atoms with Crippen LogP contribution in [0, 0.1) is 10.1 Å². The number of thiazole rings is 1. The third-order valence-electron chi connectivity index (χ3n) is 5.25. The van der Waals surface area contributed by atoms with E-state index in [1.807, 2.05) is 11.4 Å². The summed E-state index contributed by atoms with van der Waals surface area (Å²) in [4.78, 5) is 42.1. The first-order chi connectivity index (χ1) is 16.9. The number of carbonyl (C=O) groups excluding carboxylic acids is 2. The maximum Gasteiger partial charge on any atom is 0.296 e. The quantitative estimate of drug-likeness (QED) is 0.351. The fraction of sp³-hybridized carbons (Fsp3) is 0.261. The molecule has 0 radical (unpaired) electrons. The molecule has 0 spiro atoms. The van der Waals surface area contributed by atoms with E-state index in [-0.39, 0.29) is 30.3 Å². The second-order valence-electron chi connectivity index (χ2n) is 7.51. The number of carbonyl (C=O) groups is 2. The van der Waals surface area contributed by atoms with Crippen molar-refractivity contribution in [2.75, 3.05) is 44.2 Å². The molecule has 0 bridgehead atoms. The van der Waals surface area contributed by atoms with Gasteiger partial charge in [-0.2, -0.15) is 0 Å². The van der Waals surface area contributed by atoms with Gasteiger partial charge < -0.3 is 19.5 Å². The molecule has 0 fully saturated rings. The van der Waals surface area contributed by atoms with Crippen LogP contribution < -0.4 is 19.7 Å². The van der Waals surface area contributed by atoms with Gasteiger partial charge in [0.1, 0.15) is 23.7 Å². The van der Waals surface area contributed by atoms with Gasteiger partial charge in [0.15, 0.2) is 6.61 Å². The van der Waals surface area contributed by atoms with E-state index in [0.717, 1.165) is 16.3 Å². The Bertz CT molecular complexity index is 1280. The van der Waals surface area contributed by atoms with Crippen LogP contribution in [-0.4, -0.2) is 55.7 Å². The van der Waals surface area contributed by atoms with Gasteiger partial charge in [0.25, 0.3) is 11.6 Å². The molecule has 1 aliphatic rings. The van der Waals surface area contributed by atoms with E-state index in [4.69, 9.17) is 14.2 Å². The number of nitrogens with zero attached hydrogens (tertiary/aromatic N) is 3. The summed E-state index contributed by atoms with van der Waals surface area (Å²) in [7, 11) is 3.02. The average molecular weight is 499 g/mol. The van der Waals surface area contributed by atoms with Crippen molar-refractivity contribution in [3.05, 3.63) is 56.9 Å². The topological polar surface area (TPSA) is 133 Å². The van der Waals surface area contributed by atoms with Crippen LogP contribution in [0.15, 0.2) is 41.8 Å². The Labute approximate surface area is 204 Å². The molecule has 0 atom stereocenters. The lowest BCUT2D eigenvalue weighted by molar-refractivity contribution is -0.384. The van der Waals surface area contributed by atoms with Crippen LogP contribution in [0.3, 0.4) is 0 Å². The van der Waals surface area contributed by atoms with Gasteiger partial charge in [0, 0.05) is 24.5 Å². The zero-order valence-corrected chi connectivity index (χ0v) is 19.8. The van der Waals surface area contributed by atoms with Crippen LogP contribution in [0.2, 0.25) is 0 Å². The Hall–Kier alpha value is -4.03. The van der Waals surface area contributed by atoms with Crippen molar-refractivity contribution in [1.82, 2.24) is 4.98 Å². The first-order valence-corrected chi connectivity index (χ1v) is 11.4. The number of nitrogens with one attached hydrogen (secondary N) is 1. The highest BCUT2D eigenvalue weighted by atomic mass is 32.1. The fourth-order valence-electron chi connectivity index (χ4n) is 3.51. The van der Waals surface area contributed by atoms with Crippen molar-refractivity contribution in [2.24, 2.45) is 0 Å². The van der Waals surface area contributed by atoms with Crippen LogP contribution in [-0.2, 0) is 20.7 Å². The first kappa shape index (κ1) is 24.1. The molecule has 2 aromatic carbocycles. The van der Waals surface area contributed by atoms with Crippen molar-refractivity contribution in [3.8, 4) is 22.8 Å². The minimum atomic E-state index is -0.617. The number of amides is 2. The van der Waals surface area contributed by atoms with Crippen molar-refractivity contribution in [3.63, 3.8) is 0 Å². The molecule has 0 saturated heterocycles. The Morgan fingerprint density at radius 3 is 2.86 bits per heavy atom. The lowest BCUT2D eigenvalue weighted by atomic mass is 10.1. The van der Waals surface area contributed by atoms with Crippen molar-refractivity contribution in [2.45, 2.75) is 6.42 Å². The summed E-state index contributed by atoms with van der Waals surface area (Å²) in [5.41, 5.74) is 1.60. The molecule has 35 heavy (non-hydrogen) atoms. The molecule has 4 rings (SSSR count). The van der Waals surface area contributed by atoms with Crippen LogP contribution in [0.25, 0.3) is 11.3 Å². The van der Waals surface area contributed by atoms with E-state index in [0.29, 0.717) is 24.5 Å². The zero-order valence-electron chi connectivity index (χ0n) is 19.0. The summed E-state index contributed by atoms with van der Waals surface area (Å²) in [5.74, 6) is -0.271. The van der Waals surface area contributed by atoms with E-state index in [9.17, 15) is 19.7 Å². The molecule has 1 N–H and O–H groups in total. The summed E-state index contributed by atoms with van der Waals surface area (Å²) >= 11 is 1.51. The number of hydrogen-bond acceptors (Lipinski definition) is 9. The van der Waals surface area contributed by atoms with Crippen molar-refractivity contribution in [1.29, 1.82) is 0 Å². The Morgan fingerprint density at radius 1 is 1.29 bits per heavy atom. The van der Waals surface area contributed by atoms with Gasteiger partial charge in [-0.05, 0) is 30.3 Å². The maximum atomic E-state index is 12.8. The maximum absolute atomic E-state index is 12.8. The molecule has 1 aliphatic heterocycles. The van der Waals surface area contributed by atoms with Crippen LogP contribution in [0.1, 0.15) is 5.01 Å². The minimum Gasteiger partial charge on any atom is -0.496 e. The van der Waals surface area contributed by atoms with Crippen molar-refractivity contribution >= 4 is 40.2 Å². The molecule has 0 saturated carbocycles. The van der Waals surface area contributed by atoms with Gasteiger partial charge in [-0.3, -0.25) is 24.6 Å². The molecule has 2 heterocycles. The van der Waals surface area contributed by atoms with Crippen LogP contribution in [0.4, 0.5) is 17.1 Å². The van der Waals surface area contributed by atoms with Crippen LogP contribution in [0.5, 0.6) is 11.5 Å². The molecule has 3 aromatic rings. The van der Waals surface area contributed by atoms with Gasteiger partial charge in [-0.1, -0.05) is 0 Å². The fourth-order valence-corrected chi connectivity index (χ4v) is 4.30. The number of hydrogen-bond donors (Lipinski definition) is 1. The summed E-state index contributed by atoms with van der Waals surface area (Å²) < 4.78 is 15.6. The van der Waals surface area contributed by atoms with Crippen molar-refractivity contribution < 1.29 is 28.7 Å². The lowest BCUT2D eigenvalue weighted by Crippen LogP contribution is -2.43. The molecule has 2 amide bonds. The SMILES string of the molecule is COCCc1nc(-c2ccc3c(c2)N(CC(=O)Nc2ccc(OC)cc2[N+](=O)[O-])C(=O)CO3)cs1. The van der Waals surface area contributed by atoms with Gasteiger partial charge >= 0.3 is 0 Å². The average Bonchev–Trinajstić information content (AvgIpc) is 3.33. The van der Waals surface area contributed by atoms with E-state index >= 15 is 0 Å². The molecule has 0 aliphatic carbocycles. The van der Waals surface area contributed by atoms with E-state index < -0.39 is 16.7 Å². The number of ether oxygens (including phenoxy) is 3. The number of anilines is 2. The van der Waals surface area contributed by atoms with E-state index in [1.165, 1.54) is 41.5 Å². The molecule has 182 valence electrons.